The zero-order valence-corrected chi connectivity index (χ0v) is 12.5. The van der Waals surface area contributed by atoms with Gasteiger partial charge in [-0.2, -0.15) is 17.5 Å². The molecule has 1 aromatic carbocycles. The Kier molecular flexibility index (Phi) is 4.27. The first-order valence-corrected chi connectivity index (χ1v) is 7.97. The van der Waals surface area contributed by atoms with Gasteiger partial charge in [-0.05, 0) is 37.5 Å². The van der Waals surface area contributed by atoms with Crippen molar-refractivity contribution in [3.05, 3.63) is 29.6 Å². The Bertz CT molecular complexity index is 664. The van der Waals surface area contributed by atoms with Gasteiger partial charge in [0.2, 0.25) is 10.0 Å². The first-order chi connectivity index (χ1) is 9.97. The van der Waals surface area contributed by atoms with E-state index >= 15 is 0 Å². The fraction of sp³-hybridized carbons (Fsp3) is 0.538. The maximum Gasteiger partial charge on any atom is 0.417 e. The van der Waals surface area contributed by atoms with Crippen LogP contribution in [0.2, 0.25) is 0 Å². The van der Waals surface area contributed by atoms with Gasteiger partial charge in [0.15, 0.2) is 5.60 Å². The Balaban J connectivity index is 2.21. The molecule has 1 aliphatic heterocycles. The number of aryl methyl sites for hydroxylation is 1. The molecule has 0 bridgehead atoms. The molecule has 0 unspecified atom stereocenters. The van der Waals surface area contributed by atoms with Crippen molar-refractivity contribution >= 4 is 10.0 Å². The molecular formula is C13H15F4NO3S. The van der Waals surface area contributed by atoms with Crippen molar-refractivity contribution in [2.24, 2.45) is 0 Å². The van der Waals surface area contributed by atoms with Crippen molar-refractivity contribution in [2.75, 3.05) is 13.1 Å². The predicted molar refractivity (Wildman–Crippen MR) is 70.1 cm³/mol. The summed E-state index contributed by atoms with van der Waals surface area (Å²) in [6.07, 6.45) is -6.30. The van der Waals surface area contributed by atoms with Crippen molar-refractivity contribution in [2.45, 2.75) is 36.4 Å². The minimum atomic E-state index is -4.81. The minimum absolute atomic E-state index is 0.268. The molecule has 1 heterocycles. The molecule has 1 aromatic rings. The molecule has 22 heavy (non-hydrogen) atoms. The Morgan fingerprint density at radius 1 is 1.23 bits per heavy atom. The molecule has 9 heteroatoms. The molecule has 0 aliphatic carbocycles. The van der Waals surface area contributed by atoms with Gasteiger partial charge in [-0.25, -0.2) is 12.8 Å². The molecule has 1 fully saturated rings. The number of rotatable bonds is 2. The van der Waals surface area contributed by atoms with Crippen LogP contribution in [0.3, 0.4) is 0 Å². The van der Waals surface area contributed by atoms with Crippen molar-refractivity contribution < 1.29 is 31.1 Å². The zero-order chi connectivity index (χ0) is 16.8. The van der Waals surface area contributed by atoms with Crippen molar-refractivity contribution in [3.63, 3.8) is 0 Å². The van der Waals surface area contributed by atoms with Gasteiger partial charge in [-0.1, -0.05) is 6.07 Å². The van der Waals surface area contributed by atoms with Crippen LogP contribution < -0.4 is 0 Å². The Morgan fingerprint density at radius 3 is 2.23 bits per heavy atom. The molecule has 2 rings (SSSR count). The van der Waals surface area contributed by atoms with Gasteiger partial charge in [-0.3, -0.25) is 0 Å². The number of halogens is 4. The summed E-state index contributed by atoms with van der Waals surface area (Å²) in [6, 6.07) is 3.34. The van der Waals surface area contributed by atoms with Crippen LogP contribution >= 0.6 is 0 Å². The lowest BCUT2D eigenvalue weighted by Gasteiger charge is -2.38. The predicted octanol–water partition coefficient (Wildman–Crippen LogP) is 2.21. The summed E-state index contributed by atoms with van der Waals surface area (Å²) >= 11 is 0. The SMILES string of the molecule is Cc1ccc(S(=O)(=O)N2CCC(O)(C(F)(F)F)CC2)cc1F. The Labute approximate surface area is 125 Å². The molecule has 0 spiro atoms. The van der Waals surface area contributed by atoms with Crippen LogP contribution in [0.15, 0.2) is 23.1 Å². The van der Waals surface area contributed by atoms with Crippen LogP contribution in [0.1, 0.15) is 18.4 Å². The van der Waals surface area contributed by atoms with Gasteiger partial charge in [0.05, 0.1) is 4.90 Å². The van der Waals surface area contributed by atoms with E-state index in [0.29, 0.717) is 0 Å². The third kappa shape index (κ3) is 2.97. The number of aliphatic hydroxyl groups is 1. The highest BCUT2D eigenvalue weighted by molar-refractivity contribution is 7.89. The first-order valence-electron chi connectivity index (χ1n) is 6.53. The van der Waals surface area contributed by atoms with E-state index in [-0.39, 0.29) is 10.5 Å². The summed E-state index contributed by atoms with van der Waals surface area (Å²) in [5, 5.41) is 9.54. The summed E-state index contributed by atoms with van der Waals surface area (Å²) in [7, 11) is -4.08. The van der Waals surface area contributed by atoms with Gasteiger partial charge in [0, 0.05) is 13.1 Å². The van der Waals surface area contributed by atoms with E-state index in [0.717, 1.165) is 10.4 Å². The molecule has 0 saturated carbocycles. The van der Waals surface area contributed by atoms with Gasteiger partial charge < -0.3 is 5.11 Å². The van der Waals surface area contributed by atoms with Gasteiger partial charge in [-0.15, -0.1) is 0 Å². The molecule has 1 saturated heterocycles. The third-order valence-electron chi connectivity index (χ3n) is 3.86. The number of nitrogens with zero attached hydrogens (tertiary/aromatic N) is 1. The topological polar surface area (TPSA) is 57.6 Å². The molecule has 1 N–H and O–H groups in total. The quantitative estimate of drug-likeness (QED) is 0.839. The lowest BCUT2D eigenvalue weighted by atomic mass is 9.92. The second-order valence-electron chi connectivity index (χ2n) is 5.34. The number of hydrogen-bond acceptors (Lipinski definition) is 3. The number of benzene rings is 1. The average molecular weight is 341 g/mol. The summed E-state index contributed by atoms with van der Waals surface area (Å²) in [5.74, 6) is -0.704. The van der Waals surface area contributed by atoms with Crippen LogP contribution in [0.5, 0.6) is 0 Å². The lowest BCUT2D eigenvalue weighted by Crippen LogP contribution is -2.54. The zero-order valence-electron chi connectivity index (χ0n) is 11.7. The van der Waals surface area contributed by atoms with E-state index < -0.39 is 53.5 Å². The van der Waals surface area contributed by atoms with Crippen LogP contribution in [-0.4, -0.2) is 42.7 Å². The van der Waals surface area contributed by atoms with E-state index in [9.17, 15) is 31.1 Å². The van der Waals surface area contributed by atoms with Gasteiger partial charge in [0.1, 0.15) is 5.82 Å². The van der Waals surface area contributed by atoms with Crippen LogP contribution in [0.25, 0.3) is 0 Å². The molecular weight excluding hydrogens is 326 g/mol. The Morgan fingerprint density at radius 2 is 1.77 bits per heavy atom. The van der Waals surface area contributed by atoms with E-state index in [4.69, 9.17) is 0 Å². The molecule has 124 valence electrons. The molecule has 0 radical (unpaired) electrons. The number of piperidine rings is 1. The van der Waals surface area contributed by atoms with E-state index in [2.05, 4.69) is 0 Å². The number of hydrogen-bond donors (Lipinski definition) is 1. The summed E-state index contributed by atoms with van der Waals surface area (Å²) in [6.45, 7) is 0.512. The molecule has 0 atom stereocenters. The van der Waals surface area contributed by atoms with Crippen molar-refractivity contribution in [3.8, 4) is 0 Å². The minimum Gasteiger partial charge on any atom is -0.380 e. The third-order valence-corrected chi connectivity index (χ3v) is 5.75. The largest absolute Gasteiger partial charge is 0.417 e. The standard InChI is InChI=1S/C13H15F4NO3S/c1-9-2-3-10(8-11(9)14)22(20,21)18-6-4-12(19,5-7-18)13(15,16)17/h2-3,8,19H,4-7H2,1H3. The lowest BCUT2D eigenvalue weighted by molar-refractivity contribution is -0.270. The average Bonchev–Trinajstić information content (AvgIpc) is 2.41. The van der Waals surface area contributed by atoms with Gasteiger partial charge >= 0.3 is 6.18 Å². The molecule has 1 aliphatic rings. The highest BCUT2D eigenvalue weighted by Crippen LogP contribution is 2.39. The fourth-order valence-corrected chi connectivity index (χ4v) is 3.72. The summed E-state index contributed by atoms with van der Waals surface area (Å²) < 4.78 is 77.0. The van der Waals surface area contributed by atoms with Gasteiger partial charge in [0.25, 0.3) is 0 Å². The molecule has 0 aromatic heterocycles. The second kappa shape index (κ2) is 5.47. The maximum absolute atomic E-state index is 13.5. The maximum atomic E-state index is 13.5. The van der Waals surface area contributed by atoms with E-state index in [1.807, 2.05) is 0 Å². The highest BCUT2D eigenvalue weighted by atomic mass is 32.2. The number of alkyl halides is 3. The highest BCUT2D eigenvalue weighted by Gasteiger charge is 2.55. The molecule has 4 nitrogen and oxygen atoms in total. The van der Waals surface area contributed by atoms with Crippen LogP contribution in [0, 0.1) is 12.7 Å². The van der Waals surface area contributed by atoms with Crippen LogP contribution in [-0.2, 0) is 10.0 Å². The van der Waals surface area contributed by atoms with Crippen molar-refractivity contribution in [1.29, 1.82) is 0 Å². The smallest absolute Gasteiger partial charge is 0.380 e. The first kappa shape index (κ1) is 17.2. The van der Waals surface area contributed by atoms with E-state index in [1.54, 1.807) is 0 Å². The van der Waals surface area contributed by atoms with E-state index in [1.165, 1.54) is 19.1 Å². The summed E-state index contributed by atoms with van der Waals surface area (Å²) in [5.41, 5.74) is -2.61. The molecule has 0 amide bonds. The van der Waals surface area contributed by atoms with Crippen LogP contribution in [0.4, 0.5) is 17.6 Å². The Hall–Kier alpha value is -1.19. The monoisotopic (exact) mass is 341 g/mol. The number of sulfonamides is 1. The fourth-order valence-electron chi connectivity index (χ4n) is 2.26. The second-order valence-corrected chi connectivity index (χ2v) is 7.28. The normalized spacial score (nSPS) is 20.1. The summed E-state index contributed by atoms with van der Waals surface area (Å²) in [4.78, 5) is -0.312. The van der Waals surface area contributed by atoms with Crippen molar-refractivity contribution in [1.82, 2.24) is 4.31 Å².